The summed E-state index contributed by atoms with van der Waals surface area (Å²) in [5.41, 5.74) is -0.639. The van der Waals surface area contributed by atoms with Crippen molar-refractivity contribution in [3.05, 3.63) is 23.5 Å². The second kappa shape index (κ2) is 4.35. The van der Waals surface area contributed by atoms with Gasteiger partial charge in [0.2, 0.25) is 0 Å². The SMILES string of the molecule is COC1=CC2C[C@@](O)(CC3CCCN23)/C1=C/C(=O)O. The molecule has 2 saturated heterocycles. The van der Waals surface area contributed by atoms with Crippen LogP contribution in [0.15, 0.2) is 23.5 Å². The van der Waals surface area contributed by atoms with E-state index >= 15 is 0 Å². The molecule has 2 fully saturated rings. The number of ether oxygens (including phenoxy) is 1. The number of aliphatic carboxylic acids is 1. The van der Waals surface area contributed by atoms with E-state index in [1.54, 1.807) is 0 Å². The number of fused-ring (bicyclic) bond motifs is 4. The quantitative estimate of drug-likeness (QED) is 0.726. The second-order valence-electron chi connectivity index (χ2n) is 5.67. The average molecular weight is 265 g/mol. The number of rotatable bonds is 2. The minimum Gasteiger partial charge on any atom is -0.497 e. The lowest BCUT2D eigenvalue weighted by Gasteiger charge is -2.49. The van der Waals surface area contributed by atoms with E-state index in [1.807, 2.05) is 6.08 Å². The van der Waals surface area contributed by atoms with E-state index in [0.717, 1.165) is 25.5 Å². The largest absolute Gasteiger partial charge is 0.497 e. The van der Waals surface area contributed by atoms with Crippen molar-refractivity contribution in [2.24, 2.45) is 0 Å². The zero-order valence-corrected chi connectivity index (χ0v) is 11.0. The van der Waals surface area contributed by atoms with Crippen molar-refractivity contribution in [2.45, 2.75) is 43.4 Å². The fourth-order valence-electron chi connectivity index (χ4n) is 3.83. The summed E-state index contributed by atoms with van der Waals surface area (Å²) >= 11 is 0. The third-order valence-electron chi connectivity index (χ3n) is 4.57. The van der Waals surface area contributed by atoms with Crippen molar-refractivity contribution in [2.75, 3.05) is 13.7 Å². The minimum absolute atomic E-state index is 0.159. The number of nitrogens with zero attached hydrogens (tertiary/aromatic N) is 1. The molecule has 0 aromatic heterocycles. The molecule has 0 amide bonds. The molecule has 5 nitrogen and oxygen atoms in total. The molecule has 2 heterocycles. The first kappa shape index (κ1) is 12.7. The Bertz CT molecular complexity index is 470. The number of hydrogen-bond acceptors (Lipinski definition) is 4. The lowest BCUT2D eigenvalue weighted by molar-refractivity contribution is -0.131. The Morgan fingerprint density at radius 2 is 2.37 bits per heavy atom. The van der Waals surface area contributed by atoms with Gasteiger partial charge in [-0.2, -0.15) is 0 Å². The summed E-state index contributed by atoms with van der Waals surface area (Å²) in [6, 6.07) is 0.516. The Kier molecular flexibility index (Phi) is 2.91. The molecule has 5 heteroatoms. The van der Waals surface area contributed by atoms with Gasteiger partial charge in [0.05, 0.1) is 12.7 Å². The van der Waals surface area contributed by atoms with Crippen LogP contribution in [0.5, 0.6) is 0 Å². The molecule has 3 rings (SSSR count). The molecule has 19 heavy (non-hydrogen) atoms. The van der Waals surface area contributed by atoms with Crippen molar-refractivity contribution in [1.82, 2.24) is 4.90 Å². The Morgan fingerprint density at radius 3 is 3.05 bits per heavy atom. The number of piperidine rings is 1. The van der Waals surface area contributed by atoms with Crippen LogP contribution in [0.1, 0.15) is 25.7 Å². The third-order valence-corrected chi connectivity index (χ3v) is 4.57. The molecule has 0 radical (unpaired) electrons. The summed E-state index contributed by atoms with van der Waals surface area (Å²) in [7, 11) is 1.52. The molecule has 1 aliphatic carbocycles. The Labute approximate surface area is 112 Å². The van der Waals surface area contributed by atoms with Crippen LogP contribution in [0.25, 0.3) is 0 Å². The maximum atomic E-state index is 11.0. The van der Waals surface area contributed by atoms with Crippen LogP contribution in [0.4, 0.5) is 0 Å². The van der Waals surface area contributed by atoms with Crippen molar-refractivity contribution in [1.29, 1.82) is 0 Å². The normalized spacial score (nSPS) is 39.9. The molecule has 2 aliphatic heterocycles. The molecular weight excluding hydrogens is 246 g/mol. The van der Waals surface area contributed by atoms with Crippen molar-refractivity contribution in [3.63, 3.8) is 0 Å². The summed E-state index contributed by atoms with van der Waals surface area (Å²) in [6.07, 6.45) is 6.44. The fraction of sp³-hybridized carbons (Fsp3) is 0.643. The summed E-state index contributed by atoms with van der Waals surface area (Å²) in [6.45, 7) is 1.05. The maximum absolute atomic E-state index is 11.0. The second-order valence-corrected chi connectivity index (χ2v) is 5.67. The van der Waals surface area contributed by atoms with Gasteiger partial charge in [0.15, 0.2) is 0 Å². The van der Waals surface area contributed by atoms with Crippen LogP contribution in [0.2, 0.25) is 0 Å². The van der Waals surface area contributed by atoms with E-state index in [4.69, 9.17) is 9.84 Å². The van der Waals surface area contributed by atoms with Crippen LogP contribution in [-0.2, 0) is 9.53 Å². The zero-order chi connectivity index (χ0) is 13.6. The molecule has 2 bridgehead atoms. The van der Waals surface area contributed by atoms with E-state index in [2.05, 4.69) is 4.90 Å². The van der Waals surface area contributed by atoms with Crippen LogP contribution < -0.4 is 0 Å². The summed E-state index contributed by atoms with van der Waals surface area (Å²) in [5.74, 6) is -0.537. The Morgan fingerprint density at radius 1 is 1.58 bits per heavy atom. The molecule has 0 spiro atoms. The number of methoxy groups -OCH3 is 1. The number of carboxylic acids is 1. The molecule has 3 atom stereocenters. The number of aliphatic hydroxyl groups is 1. The monoisotopic (exact) mass is 265 g/mol. The van der Waals surface area contributed by atoms with Crippen LogP contribution in [0, 0.1) is 0 Å². The van der Waals surface area contributed by atoms with Gasteiger partial charge in [0.1, 0.15) is 5.76 Å². The number of carboxylic acid groups (broad SMARTS) is 1. The maximum Gasteiger partial charge on any atom is 0.328 e. The van der Waals surface area contributed by atoms with Gasteiger partial charge in [0.25, 0.3) is 0 Å². The zero-order valence-electron chi connectivity index (χ0n) is 11.0. The summed E-state index contributed by atoms with van der Waals surface area (Å²) in [5, 5.41) is 19.9. The highest BCUT2D eigenvalue weighted by Gasteiger charge is 2.50. The van der Waals surface area contributed by atoms with Gasteiger partial charge in [-0.25, -0.2) is 4.79 Å². The predicted octanol–water partition coefficient (Wildman–Crippen LogP) is 0.899. The van der Waals surface area contributed by atoms with E-state index in [0.29, 0.717) is 30.2 Å². The molecule has 2 N–H and O–H groups in total. The van der Waals surface area contributed by atoms with Crippen LogP contribution in [0.3, 0.4) is 0 Å². The number of carbonyl (C=O) groups is 1. The van der Waals surface area contributed by atoms with Gasteiger partial charge in [-0.05, 0) is 38.3 Å². The predicted molar refractivity (Wildman–Crippen MR) is 68.5 cm³/mol. The lowest BCUT2D eigenvalue weighted by atomic mass is 9.72. The lowest BCUT2D eigenvalue weighted by Crippen LogP contribution is -2.56. The third kappa shape index (κ3) is 1.97. The van der Waals surface area contributed by atoms with E-state index < -0.39 is 11.6 Å². The van der Waals surface area contributed by atoms with E-state index in [9.17, 15) is 9.90 Å². The van der Waals surface area contributed by atoms with Crippen LogP contribution in [-0.4, -0.2) is 52.4 Å². The molecule has 0 aromatic carbocycles. The minimum atomic E-state index is -1.06. The van der Waals surface area contributed by atoms with Crippen molar-refractivity contribution < 1.29 is 19.7 Å². The van der Waals surface area contributed by atoms with Crippen LogP contribution >= 0.6 is 0 Å². The topological polar surface area (TPSA) is 70.0 Å². The van der Waals surface area contributed by atoms with Gasteiger partial charge < -0.3 is 14.9 Å². The smallest absolute Gasteiger partial charge is 0.328 e. The highest BCUT2D eigenvalue weighted by Crippen LogP contribution is 2.46. The van der Waals surface area contributed by atoms with Crippen molar-refractivity contribution in [3.8, 4) is 0 Å². The molecule has 0 aromatic rings. The van der Waals surface area contributed by atoms with Gasteiger partial charge in [-0.1, -0.05) is 0 Å². The first-order valence-electron chi connectivity index (χ1n) is 6.73. The highest BCUT2D eigenvalue weighted by molar-refractivity contribution is 5.82. The highest BCUT2D eigenvalue weighted by atomic mass is 16.5. The van der Waals surface area contributed by atoms with Gasteiger partial charge in [0, 0.05) is 23.7 Å². The average Bonchev–Trinajstić information content (AvgIpc) is 2.79. The van der Waals surface area contributed by atoms with Crippen molar-refractivity contribution >= 4 is 5.97 Å². The molecule has 0 saturated carbocycles. The summed E-state index contributed by atoms with van der Waals surface area (Å²) < 4.78 is 5.30. The van der Waals surface area contributed by atoms with Gasteiger partial charge >= 0.3 is 5.97 Å². The standard InChI is InChI=1S/C14H19NO4/c1-19-12-5-10-8-14(18,11(12)6-13(16)17)7-9-3-2-4-15(9)10/h5-6,9-10,18H,2-4,7-8H2,1H3,(H,16,17)/b11-6+/t9?,10?,14-/m0/s1. The first-order chi connectivity index (χ1) is 9.03. The van der Waals surface area contributed by atoms with Gasteiger partial charge in [-0.15, -0.1) is 0 Å². The Balaban J connectivity index is 2.05. The Hall–Kier alpha value is -1.33. The van der Waals surface area contributed by atoms with E-state index in [1.165, 1.54) is 7.11 Å². The fourth-order valence-corrected chi connectivity index (χ4v) is 3.83. The van der Waals surface area contributed by atoms with Gasteiger partial charge in [-0.3, -0.25) is 4.90 Å². The number of hydrogen-bond donors (Lipinski definition) is 2. The molecule has 2 unspecified atom stereocenters. The molecule has 3 aliphatic rings. The first-order valence-corrected chi connectivity index (χ1v) is 6.73. The summed E-state index contributed by atoms with van der Waals surface area (Å²) in [4.78, 5) is 13.4. The molecular formula is C14H19NO4. The van der Waals surface area contributed by atoms with E-state index in [-0.39, 0.29) is 6.04 Å². The molecule has 104 valence electrons.